The Morgan fingerprint density at radius 2 is 1.85 bits per heavy atom. The number of carbonyl (C=O) groups excluding carboxylic acids is 1. The van der Waals surface area contributed by atoms with Crippen LogP contribution in [-0.2, 0) is 14.6 Å². The molecule has 0 atom stereocenters. The number of nitrogens with one attached hydrogen (secondary N) is 1. The van der Waals surface area contributed by atoms with Gasteiger partial charge in [0.05, 0.1) is 11.5 Å². The van der Waals surface area contributed by atoms with Gasteiger partial charge in [0, 0.05) is 26.3 Å². The van der Waals surface area contributed by atoms with Crippen LogP contribution < -0.4 is 10.1 Å². The maximum atomic E-state index is 12.2. The minimum atomic E-state index is -3.18. The SMILES string of the molecule is CN(CCCOc1ccc(S(C)(=O)=O)cc1)C(=O)CCC1CCNCC1.Cl. The first-order valence-corrected chi connectivity index (χ1v) is 11.1. The highest BCUT2D eigenvalue weighted by Crippen LogP contribution is 2.18. The number of carbonyl (C=O) groups is 1. The lowest BCUT2D eigenvalue weighted by molar-refractivity contribution is -0.130. The third-order valence-corrected chi connectivity index (χ3v) is 5.94. The summed E-state index contributed by atoms with van der Waals surface area (Å²) in [6, 6.07) is 6.40. The van der Waals surface area contributed by atoms with E-state index < -0.39 is 9.84 Å². The van der Waals surface area contributed by atoms with Crippen LogP contribution in [0.1, 0.15) is 32.1 Å². The van der Waals surface area contributed by atoms with Crippen LogP contribution in [0.5, 0.6) is 5.75 Å². The van der Waals surface area contributed by atoms with E-state index in [4.69, 9.17) is 4.74 Å². The number of hydrogen-bond donors (Lipinski definition) is 1. The maximum absolute atomic E-state index is 12.2. The first-order valence-electron chi connectivity index (χ1n) is 9.24. The van der Waals surface area contributed by atoms with Crippen LogP contribution in [0.4, 0.5) is 0 Å². The molecule has 27 heavy (non-hydrogen) atoms. The van der Waals surface area contributed by atoms with Crippen molar-refractivity contribution in [3.63, 3.8) is 0 Å². The Balaban J connectivity index is 0.00000364. The van der Waals surface area contributed by atoms with Gasteiger partial charge in [-0.05, 0) is 69.0 Å². The number of halogens is 1. The second-order valence-corrected chi connectivity index (χ2v) is 9.01. The summed E-state index contributed by atoms with van der Waals surface area (Å²) in [6.07, 6.45) is 5.86. The quantitative estimate of drug-likeness (QED) is 0.623. The van der Waals surface area contributed by atoms with Gasteiger partial charge in [0.1, 0.15) is 5.75 Å². The fraction of sp³-hybridized carbons (Fsp3) is 0.632. The molecule has 154 valence electrons. The predicted molar refractivity (Wildman–Crippen MR) is 109 cm³/mol. The first-order chi connectivity index (χ1) is 12.4. The Labute approximate surface area is 169 Å². The van der Waals surface area contributed by atoms with E-state index in [0.717, 1.165) is 25.9 Å². The van der Waals surface area contributed by atoms with Gasteiger partial charge >= 0.3 is 0 Å². The van der Waals surface area contributed by atoms with Crippen LogP contribution in [0.25, 0.3) is 0 Å². The fourth-order valence-electron chi connectivity index (χ4n) is 3.09. The molecular formula is C19H31ClN2O4S. The smallest absolute Gasteiger partial charge is 0.222 e. The average Bonchev–Trinajstić information content (AvgIpc) is 2.63. The molecule has 1 heterocycles. The van der Waals surface area contributed by atoms with Gasteiger partial charge in [0.15, 0.2) is 9.84 Å². The van der Waals surface area contributed by atoms with E-state index in [1.807, 2.05) is 7.05 Å². The van der Waals surface area contributed by atoms with Gasteiger partial charge in [-0.2, -0.15) is 0 Å². The number of benzene rings is 1. The number of sulfone groups is 1. The zero-order valence-electron chi connectivity index (χ0n) is 16.1. The first kappa shape index (κ1) is 23.7. The van der Waals surface area contributed by atoms with Crippen molar-refractivity contribution in [2.45, 2.75) is 37.0 Å². The van der Waals surface area contributed by atoms with Crippen LogP contribution in [0.3, 0.4) is 0 Å². The van der Waals surface area contributed by atoms with E-state index in [9.17, 15) is 13.2 Å². The lowest BCUT2D eigenvalue weighted by Gasteiger charge is -2.23. The maximum Gasteiger partial charge on any atom is 0.222 e. The van der Waals surface area contributed by atoms with Gasteiger partial charge < -0.3 is 15.0 Å². The zero-order valence-corrected chi connectivity index (χ0v) is 17.8. The molecule has 0 aromatic heterocycles. The van der Waals surface area contributed by atoms with Crippen molar-refractivity contribution in [1.29, 1.82) is 0 Å². The molecule has 1 amide bonds. The Hall–Kier alpha value is -1.31. The minimum absolute atomic E-state index is 0. The molecule has 0 unspecified atom stereocenters. The largest absolute Gasteiger partial charge is 0.494 e. The molecule has 0 spiro atoms. The molecule has 0 saturated carbocycles. The van der Waals surface area contributed by atoms with E-state index in [-0.39, 0.29) is 23.2 Å². The summed E-state index contributed by atoms with van der Waals surface area (Å²) in [7, 11) is -1.34. The molecule has 0 aliphatic carbocycles. The van der Waals surface area contributed by atoms with Crippen molar-refractivity contribution in [1.82, 2.24) is 10.2 Å². The lowest BCUT2D eigenvalue weighted by atomic mass is 9.93. The highest BCUT2D eigenvalue weighted by molar-refractivity contribution is 7.90. The molecule has 1 fully saturated rings. The lowest BCUT2D eigenvalue weighted by Crippen LogP contribution is -2.31. The van der Waals surface area contributed by atoms with E-state index in [1.54, 1.807) is 29.2 Å². The summed E-state index contributed by atoms with van der Waals surface area (Å²) in [6.45, 7) is 3.28. The number of amides is 1. The summed E-state index contributed by atoms with van der Waals surface area (Å²) in [4.78, 5) is 14.3. The van der Waals surface area contributed by atoms with Gasteiger partial charge in [-0.1, -0.05) is 0 Å². The second-order valence-electron chi connectivity index (χ2n) is 6.99. The molecule has 1 aliphatic heterocycles. The summed E-state index contributed by atoms with van der Waals surface area (Å²) >= 11 is 0. The van der Waals surface area contributed by atoms with Crippen LogP contribution in [0.2, 0.25) is 0 Å². The molecule has 0 radical (unpaired) electrons. The molecule has 1 N–H and O–H groups in total. The van der Waals surface area contributed by atoms with Crippen molar-refractivity contribution in [2.75, 3.05) is 39.5 Å². The van der Waals surface area contributed by atoms with Gasteiger partial charge in [-0.15, -0.1) is 12.4 Å². The molecule has 2 rings (SSSR count). The van der Waals surface area contributed by atoms with Crippen LogP contribution in [0, 0.1) is 5.92 Å². The molecule has 1 saturated heterocycles. The molecule has 1 aromatic carbocycles. The van der Waals surface area contributed by atoms with Crippen LogP contribution in [0.15, 0.2) is 29.2 Å². The van der Waals surface area contributed by atoms with E-state index in [1.165, 1.54) is 19.1 Å². The van der Waals surface area contributed by atoms with Crippen molar-refractivity contribution in [3.05, 3.63) is 24.3 Å². The number of ether oxygens (including phenoxy) is 1. The topological polar surface area (TPSA) is 75.7 Å². The third-order valence-electron chi connectivity index (χ3n) is 4.81. The Kier molecular flexibility index (Phi) is 10.1. The molecule has 6 nitrogen and oxygen atoms in total. The van der Waals surface area contributed by atoms with E-state index in [0.29, 0.717) is 31.2 Å². The standard InChI is InChI=1S/C19H30N2O4S.ClH/c1-21(19(22)9-4-16-10-12-20-13-11-16)14-3-15-25-17-5-7-18(8-6-17)26(2,23)24;/h5-8,16,20H,3-4,9-15H2,1-2H3;1H. The van der Waals surface area contributed by atoms with Gasteiger partial charge in [-0.3, -0.25) is 4.79 Å². The summed E-state index contributed by atoms with van der Waals surface area (Å²) in [5.41, 5.74) is 0. The van der Waals surface area contributed by atoms with Crippen LogP contribution >= 0.6 is 12.4 Å². The molecule has 0 bridgehead atoms. The molecule has 1 aromatic rings. The summed E-state index contributed by atoms with van der Waals surface area (Å²) in [5, 5.41) is 3.34. The molecular weight excluding hydrogens is 388 g/mol. The van der Waals surface area contributed by atoms with Gasteiger partial charge in [-0.25, -0.2) is 8.42 Å². The molecule has 8 heteroatoms. The highest BCUT2D eigenvalue weighted by Gasteiger charge is 2.16. The predicted octanol–water partition coefficient (Wildman–Crippen LogP) is 2.52. The Bertz CT molecular complexity index is 673. The second kappa shape index (κ2) is 11.5. The summed E-state index contributed by atoms with van der Waals surface area (Å²) in [5.74, 6) is 1.50. The number of rotatable bonds is 9. The monoisotopic (exact) mass is 418 g/mol. The number of nitrogens with zero attached hydrogens (tertiary/aromatic N) is 1. The Morgan fingerprint density at radius 3 is 2.44 bits per heavy atom. The van der Waals surface area contributed by atoms with Crippen molar-refractivity contribution >= 4 is 28.2 Å². The zero-order chi connectivity index (χ0) is 19.0. The summed E-state index contributed by atoms with van der Waals surface area (Å²) < 4.78 is 28.5. The van der Waals surface area contributed by atoms with Crippen molar-refractivity contribution < 1.29 is 17.9 Å². The van der Waals surface area contributed by atoms with Gasteiger partial charge in [0.25, 0.3) is 0 Å². The van der Waals surface area contributed by atoms with Crippen LogP contribution in [-0.4, -0.2) is 58.8 Å². The third kappa shape index (κ3) is 8.49. The van der Waals surface area contributed by atoms with Crippen molar-refractivity contribution in [3.8, 4) is 5.75 Å². The fourth-order valence-corrected chi connectivity index (χ4v) is 3.72. The highest BCUT2D eigenvalue weighted by atomic mass is 35.5. The van der Waals surface area contributed by atoms with Gasteiger partial charge in [0.2, 0.25) is 5.91 Å². The van der Waals surface area contributed by atoms with Crippen molar-refractivity contribution in [2.24, 2.45) is 5.92 Å². The van der Waals surface area contributed by atoms with E-state index >= 15 is 0 Å². The number of piperidine rings is 1. The molecule has 1 aliphatic rings. The normalized spacial score (nSPS) is 15.0. The number of hydrogen-bond acceptors (Lipinski definition) is 5. The Morgan fingerprint density at radius 1 is 1.22 bits per heavy atom. The minimum Gasteiger partial charge on any atom is -0.494 e. The average molecular weight is 419 g/mol. The van der Waals surface area contributed by atoms with E-state index in [2.05, 4.69) is 5.32 Å².